The normalized spacial score (nSPS) is 14.2. The number of hydrogen-bond donors (Lipinski definition) is 0. The highest BCUT2D eigenvalue weighted by molar-refractivity contribution is 5.99. The molecule has 4 aromatic rings. The van der Waals surface area contributed by atoms with Crippen LogP contribution in [-0.2, 0) is 12.5 Å². The average molecular weight is 350 g/mol. The fraction of sp³-hybridized carbons (Fsp3) is 0.192. The first-order valence-electron chi connectivity index (χ1n) is 9.62. The molecule has 1 nitrogen and oxygen atoms in total. The lowest BCUT2D eigenvalue weighted by Crippen LogP contribution is -2.31. The van der Waals surface area contributed by atoms with Crippen molar-refractivity contribution >= 4 is 10.8 Å². The maximum absolute atomic E-state index is 2.38. The van der Waals surface area contributed by atoms with Gasteiger partial charge < -0.3 is 0 Å². The Morgan fingerprint density at radius 3 is 2.26 bits per heavy atom. The van der Waals surface area contributed by atoms with Crippen LogP contribution in [0.5, 0.6) is 0 Å². The van der Waals surface area contributed by atoms with Gasteiger partial charge in [-0.05, 0) is 51.6 Å². The van der Waals surface area contributed by atoms with Crippen molar-refractivity contribution in [2.75, 3.05) is 0 Å². The Balaban J connectivity index is 1.92. The average Bonchev–Trinajstić information content (AvgIpc) is 2.90. The third kappa shape index (κ3) is 2.15. The van der Waals surface area contributed by atoms with Crippen LogP contribution in [0.2, 0.25) is 0 Å². The molecule has 0 saturated carbocycles. The lowest BCUT2D eigenvalue weighted by atomic mass is 9.77. The molecule has 0 spiro atoms. The maximum atomic E-state index is 2.38. The molecule has 1 aliphatic carbocycles. The molecule has 0 bridgehead atoms. The SMILES string of the molecule is Cc1ccc2c(c1-c1cccc[n+]1C)C(C)(C)c1c-2ccc2ccccc12. The van der Waals surface area contributed by atoms with Gasteiger partial charge in [0.1, 0.15) is 7.05 Å². The zero-order chi connectivity index (χ0) is 18.8. The monoisotopic (exact) mass is 350 g/mol. The highest BCUT2D eigenvalue weighted by Gasteiger charge is 2.40. The Labute approximate surface area is 160 Å². The Bertz CT molecular complexity index is 1210. The number of fused-ring (bicyclic) bond motifs is 5. The molecule has 1 aliphatic rings. The van der Waals surface area contributed by atoms with Gasteiger partial charge in [0.2, 0.25) is 5.69 Å². The maximum Gasteiger partial charge on any atom is 0.212 e. The van der Waals surface area contributed by atoms with Crippen molar-refractivity contribution in [2.24, 2.45) is 7.05 Å². The zero-order valence-corrected chi connectivity index (χ0v) is 16.4. The summed E-state index contributed by atoms with van der Waals surface area (Å²) < 4.78 is 2.24. The van der Waals surface area contributed by atoms with E-state index in [9.17, 15) is 0 Å². The number of aromatic nitrogens is 1. The first-order chi connectivity index (χ1) is 13.0. The van der Waals surface area contributed by atoms with Gasteiger partial charge >= 0.3 is 0 Å². The van der Waals surface area contributed by atoms with Crippen LogP contribution >= 0.6 is 0 Å². The van der Waals surface area contributed by atoms with Gasteiger partial charge in [0.05, 0.1) is 5.56 Å². The third-order valence-electron chi connectivity index (χ3n) is 6.19. The minimum absolute atomic E-state index is 0.0459. The van der Waals surface area contributed by atoms with Crippen LogP contribution < -0.4 is 4.57 Å². The van der Waals surface area contributed by atoms with Crippen molar-refractivity contribution in [3.8, 4) is 22.4 Å². The Kier molecular flexibility index (Phi) is 3.33. The summed E-state index contributed by atoms with van der Waals surface area (Å²) in [6, 6.07) is 24.4. The molecular weight excluding hydrogens is 326 g/mol. The molecule has 5 rings (SSSR count). The number of hydrogen-bond acceptors (Lipinski definition) is 0. The molecule has 0 fully saturated rings. The topological polar surface area (TPSA) is 3.88 Å². The predicted molar refractivity (Wildman–Crippen MR) is 113 cm³/mol. The summed E-state index contributed by atoms with van der Waals surface area (Å²) >= 11 is 0. The smallest absolute Gasteiger partial charge is 0.201 e. The molecule has 0 aliphatic heterocycles. The highest BCUT2D eigenvalue weighted by atomic mass is 14.9. The van der Waals surface area contributed by atoms with Crippen LogP contribution in [0.4, 0.5) is 0 Å². The predicted octanol–water partition coefficient (Wildman–Crippen LogP) is 5.95. The molecule has 0 amide bonds. The molecule has 27 heavy (non-hydrogen) atoms. The van der Waals surface area contributed by atoms with Gasteiger partial charge in [-0.2, -0.15) is 0 Å². The standard InChI is InChI=1S/C26H24N/c1-17-12-14-21-20-15-13-18-9-5-6-10-19(18)24(20)26(2,3)25(21)23(17)22-11-7-8-16-27(22)4/h5-16H,1-4H3/q+1. The van der Waals surface area contributed by atoms with E-state index in [-0.39, 0.29) is 5.41 Å². The van der Waals surface area contributed by atoms with Gasteiger partial charge in [0, 0.05) is 17.5 Å². The summed E-state index contributed by atoms with van der Waals surface area (Å²) in [7, 11) is 2.14. The molecule has 0 radical (unpaired) electrons. The Hall–Kier alpha value is -2.93. The number of aryl methyl sites for hydroxylation is 2. The van der Waals surface area contributed by atoms with Crippen LogP contribution in [0.25, 0.3) is 33.2 Å². The van der Waals surface area contributed by atoms with E-state index in [0.717, 1.165) is 0 Å². The van der Waals surface area contributed by atoms with E-state index in [1.165, 1.54) is 49.8 Å². The van der Waals surface area contributed by atoms with E-state index in [1.54, 1.807) is 0 Å². The molecule has 1 aromatic heterocycles. The summed E-state index contributed by atoms with van der Waals surface area (Å²) in [6.45, 7) is 7.01. The molecular formula is C26H24N+. The number of benzene rings is 3. The van der Waals surface area contributed by atoms with Crippen molar-refractivity contribution < 1.29 is 4.57 Å². The second-order valence-corrected chi connectivity index (χ2v) is 8.21. The molecule has 0 atom stereocenters. The van der Waals surface area contributed by atoms with Crippen molar-refractivity contribution in [3.05, 3.63) is 89.6 Å². The van der Waals surface area contributed by atoms with E-state index in [2.05, 4.69) is 105 Å². The largest absolute Gasteiger partial charge is 0.212 e. The summed E-state index contributed by atoms with van der Waals surface area (Å²) in [6.07, 6.45) is 2.14. The van der Waals surface area contributed by atoms with Crippen LogP contribution in [0.15, 0.2) is 72.9 Å². The van der Waals surface area contributed by atoms with E-state index >= 15 is 0 Å². The van der Waals surface area contributed by atoms with Gasteiger partial charge in [-0.3, -0.25) is 0 Å². The lowest BCUT2D eigenvalue weighted by molar-refractivity contribution is -0.660. The van der Waals surface area contributed by atoms with Crippen LogP contribution in [0.3, 0.4) is 0 Å². The van der Waals surface area contributed by atoms with Crippen molar-refractivity contribution in [1.29, 1.82) is 0 Å². The lowest BCUT2D eigenvalue weighted by Gasteiger charge is -2.25. The molecule has 132 valence electrons. The van der Waals surface area contributed by atoms with E-state index in [1.807, 2.05) is 0 Å². The van der Waals surface area contributed by atoms with Gasteiger partial charge in [0.25, 0.3) is 0 Å². The zero-order valence-electron chi connectivity index (χ0n) is 16.4. The molecule has 3 aromatic carbocycles. The minimum atomic E-state index is -0.0459. The van der Waals surface area contributed by atoms with E-state index < -0.39 is 0 Å². The number of rotatable bonds is 1. The van der Waals surface area contributed by atoms with Gasteiger partial charge in [0.15, 0.2) is 6.20 Å². The second kappa shape index (κ2) is 5.53. The van der Waals surface area contributed by atoms with Crippen LogP contribution in [0.1, 0.15) is 30.5 Å². The second-order valence-electron chi connectivity index (χ2n) is 8.21. The summed E-state index contributed by atoms with van der Waals surface area (Å²) in [5, 5.41) is 2.69. The molecule has 1 heterocycles. The van der Waals surface area contributed by atoms with Gasteiger partial charge in [-0.25, -0.2) is 4.57 Å². The number of nitrogens with zero attached hydrogens (tertiary/aromatic N) is 1. The summed E-state index contributed by atoms with van der Waals surface area (Å²) in [4.78, 5) is 0. The Morgan fingerprint density at radius 1 is 0.741 bits per heavy atom. The fourth-order valence-electron chi connectivity index (χ4n) is 4.99. The van der Waals surface area contributed by atoms with Crippen molar-refractivity contribution in [3.63, 3.8) is 0 Å². The van der Waals surface area contributed by atoms with Gasteiger partial charge in [-0.15, -0.1) is 0 Å². The van der Waals surface area contributed by atoms with Crippen molar-refractivity contribution in [1.82, 2.24) is 0 Å². The van der Waals surface area contributed by atoms with Crippen molar-refractivity contribution in [2.45, 2.75) is 26.2 Å². The first kappa shape index (κ1) is 16.3. The minimum Gasteiger partial charge on any atom is -0.201 e. The summed E-state index contributed by atoms with van der Waals surface area (Å²) in [5.74, 6) is 0. The fourth-order valence-corrected chi connectivity index (χ4v) is 4.99. The summed E-state index contributed by atoms with van der Waals surface area (Å²) in [5.41, 5.74) is 9.62. The van der Waals surface area contributed by atoms with E-state index in [0.29, 0.717) is 0 Å². The van der Waals surface area contributed by atoms with E-state index in [4.69, 9.17) is 0 Å². The molecule has 0 N–H and O–H groups in total. The first-order valence-corrected chi connectivity index (χ1v) is 9.62. The molecule has 1 heteroatoms. The molecule has 0 unspecified atom stereocenters. The highest BCUT2D eigenvalue weighted by Crippen LogP contribution is 2.54. The van der Waals surface area contributed by atoms with Crippen LogP contribution in [-0.4, -0.2) is 0 Å². The van der Waals surface area contributed by atoms with Gasteiger partial charge in [-0.1, -0.05) is 62.4 Å². The van der Waals surface area contributed by atoms with Crippen LogP contribution in [0, 0.1) is 6.92 Å². The Morgan fingerprint density at radius 2 is 1.44 bits per heavy atom. The number of pyridine rings is 1. The quantitative estimate of drug-likeness (QED) is 0.374. The molecule has 0 saturated heterocycles. The third-order valence-corrected chi connectivity index (χ3v) is 6.19.